The number of likely N-dealkylation sites (tertiary alicyclic amines) is 1. The van der Waals surface area contributed by atoms with Crippen molar-refractivity contribution in [3.05, 3.63) is 29.6 Å². The third-order valence-corrected chi connectivity index (χ3v) is 3.63. The Kier molecular flexibility index (Phi) is 4.37. The number of rotatable bonds is 4. The molecule has 0 bridgehead atoms. The fraction of sp³-hybridized carbons (Fsp3) is 0.500. The fourth-order valence-electron chi connectivity index (χ4n) is 2.44. The van der Waals surface area contributed by atoms with Crippen LogP contribution in [0, 0.1) is 11.7 Å². The Bertz CT molecular complexity index is 464. The average Bonchev–Trinajstić information content (AvgIpc) is 2.84. The number of hydrogen-bond donors (Lipinski definition) is 2. The standard InChI is InChI=1S/C14H20FN3O/c1-2-18-6-5-10(9-18)8-17-14(19)12-4-3-11(15)7-13(12)16/h3-4,7,10H,2,5-6,8-9,16H2,1H3,(H,17,19). The van der Waals surface area contributed by atoms with Crippen LogP contribution in [0.4, 0.5) is 10.1 Å². The van der Waals surface area contributed by atoms with Crippen LogP contribution < -0.4 is 11.1 Å². The van der Waals surface area contributed by atoms with E-state index < -0.39 is 5.82 Å². The van der Waals surface area contributed by atoms with Gasteiger partial charge in [-0.15, -0.1) is 0 Å². The molecule has 1 aromatic carbocycles. The third-order valence-electron chi connectivity index (χ3n) is 3.63. The quantitative estimate of drug-likeness (QED) is 0.811. The summed E-state index contributed by atoms with van der Waals surface area (Å²) in [7, 11) is 0. The van der Waals surface area contributed by atoms with E-state index in [2.05, 4.69) is 17.1 Å². The lowest BCUT2D eigenvalue weighted by Gasteiger charge is -2.14. The number of nitrogens with one attached hydrogen (secondary N) is 1. The van der Waals surface area contributed by atoms with Gasteiger partial charge in [0, 0.05) is 18.8 Å². The van der Waals surface area contributed by atoms with Crippen molar-refractivity contribution in [2.75, 3.05) is 31.9 Å². The summed E-state index contributed by atoms with van der Waals surface area (Å²) >= 11 is 0. The Labute approximate surface area is 112 Å². The van der Waals surface area contributed by atoms with E-state index in [9.17, 15) is 9.18 Å². The van der Waals surface area contributed by atoms with Crippen molar-refractivity contribution >= 4 is 11.6 Å². The molecule has 1 atom stereocenters. The molecule has 1 unspecified atom stereocenters. The highest BCUT2D eigenvalue weighted by Crippen LogP contribution is 2.16. The predicted molar refractivity (Wildman–Crippen MR) is 73.4 cm³/mol. The molecule has 1 aliphatic rings. The molecule has 0 radical (unpaired) electrons. The first kappa shape index (κ1) is 13.8. The molecule has 5 heteroatoms. The molecule has 1 saturated heterocycles. The van der Waals surface area contributed by atoms with Gasteiger partial charge >= 0.3 is 0 Å². The number of nitrogens with zero attached hydrogens (tertiary/aromatic N) is 1. The number of nitrogens with two attached hydrogens (primary N) is 1. The lowest BCUT2D eigenvalue weighted by Crippen LogP contribution is -2.31. The number of nitrogen functional groups attached to an aromatic ring is 1. The van der Waals surface area contributed by atoms with Crippen LogP contribution in [-0.4, -0.2) is 37.0 Å². The molecule has 3 N–H and O–H groups in total. The molecule has 1 heterocycles. The van der Waals surface area contributed by atoms with Crippen LogP contribution >= 0.6 is 0 Å². The summed E-state index contributed by atoms with van der Waals surface area (Å²) in [5, 5.41) is 2.88. The van der Waals surface area contributed by atoms with Gasteiger partial charge in [-0.05, 0) is 43.6 Å². The van der Waals surface area contributed by atoms with E-state index in [0.29, 0.717) is 18.0 Å². The molecule has 0 saturated carbocycles. The Hall–Kier alpha value is -1.62. The van der Waals surface area contributed by atoms with Crippen LogP contribution in [0.1, 0.15) is 23.7 Å². The van der Waals surface area contributed by atoms with Crippen molar-refractivity contribution < 1.29 is 9.18 Å². The summed E-state index contributed by atoms with van der Waals surface area (Å²) in [5.74, 6) is -0.165. The van der Waals surface area contributed by atoms with E-state index in [0.717, 1.165) is 26.1 Å². The maximum atomic E-state index is 12.9. The van der Waals surface area contributed by atoms with Crippen LogP contribution in [-0.2, 0) is 0 Å². The van der Waals surface area contributed by atoms with Crippen molar-refractivity contribution in [3.63, 3.8) is 0 Å². The van der Waals surface area contributed by atoms with Crippen LogP contribution in [0.25, 0.3) is 0 Å². The van der Waals surface area contributed by atoms with Gasteiger partial charge in [0.1, 0.15) is 5.82 Å². The largest absolute Gasteiger partial charge is 0.398 e. The summed E-state index contributed by atoms with van der Waals surface area (Å²) in [5.41, 5.74) is 6.16. The number of hydrogen-bond acceptors (Lipinski definition) is 3. The zero-order valence-corrected chi connectivity index (χ0v) is 11.2. The number of anilines is 1. The van der Waals surface area contributed by atoms with Gasteiger partial charge in [-0.1, -0.05) is 6.92 Å². The zero-order chi connectivity index (χ0) is 13.8. The smallest absolute Gasteiger partial charge is 0.253 e. The van der Waals surface area contributed by atoms with Crippen LogP contribution in [0.5, 0.6) is 0 Å². The van der Waals surface area contributed by atoms with E-state index in [-0.39, 0.29) is 11.6 Å². The van der Waals surface area contributed by atoms with Gasteiger partial charge in [0.05, 0.1) is 5.56 Å². The first-order valence-electron chi connectivity index (χ1n) is 6.65. The third kappa shape index (κ3) is 3.44. The Morgan fingerprint density at radius 3 is 3.00 bits per heavy atom. The fourth-order valence-corrected chi connectivity index (χ4v) is 2.44. The summed E-state index contributed by atoms with van der Waals surface area (Å²) in [4.78, 5) is 14.3. The minimum atomic E-state index is -0.427. The SMILES string of the molecule is CCN1CCC(CNC(=O)c2ccc(F)cc2N)C1. The molecule has 2 rings (SSSR count). The topological polar surface area (TPSA) is 58.4 Å². The van der Waals surface area contributed by atoms with Crippen molar-refractivity contribution in [1.29, 1.82) is 0 Å². The van der Waals surface area contributed by atoms with Gasteiger partial charge in [0.2, 0.25) is 0 Å². The molecule has 1 aliphatic heterocycles. The summed E-state index contributed by atoms with van der Waals surface area (Å²) in [6.45, 7) is 5.95. The van der Waals surface area contributed by atoms with Crippen molar-refractivity contribution in [2.24, 2.45) is 5.92 Å². The highest BCUT2D eigenvalue weighted by Gasteiger charge is 2.21. The van der Waals surface area contributed by atoms with Crippen molar-refractivity contribution in [2.45, 2.75) is 13.3 Å². The van der Waals surface area contributed by atoms with Gasteiger partial charge in [0.15, 0.2) is 0 Å². The van der Waals surface area contributed by atoms with Gasteiger partial charge < -0.3 is 16.0 Å². The highest BCUT2D eigenvalue weighted by atomic mass is 19.1. The van der Waals surface area contributed by atoms with E-state index in [4.69, 9.17) is 5.73 Å². The van der Waals surface area contributed by atoms with Gasteiger partial charge in [0.25, 0.3) is 5.91 Å². The molecule has 19 heavy (non-hydrogen) atoms. The van der Waals surface area contributed by atoms with Gasteiger partial charge in [-0.2, -0.15) is 0 Å². The molecule has 0 aliphatic carbocycles. The van der Waals surface area contributed by atoms with Crippen LogP contribution in [0.2, 0.25) is 0 Å². The molecular weight excluding hydrogens is 245 g/mol. The molecule has 1 amide bonds. The molecule has 1 fully saturated rings. The number of carbonyl (C=O) groups excluding carboxylic acids is 1. The van der Waals surface area contributed by atoms with E-state index >= 15 is 0 Å². The first-order chi connectivity index (χ1) is 9.10. The number of benzene rings is 1. The summed E-state index contributed by atoms with van der Waals surface area (Å²) < 4.78 is 12.9. The van der Waals surface area contributed by atoms with Gasteiger partial charge in [-0.25, -0.2) is 4.39 Å². The normalized spacial score (nSPS) is 19.6. The van der Waals surface area contributed by atoms with E-state index in [1.165, 1.54) is 18.2 Å². The Morgan fingerprint density at radius 1 is 1.58 bits per heavy atom. The maximum absolute atomic E-state index is 12.9. The minimum absolute atomic E-state index is 0.180. The highest BCUT2D eigenvalue weighted by molar-refractivity contribution is 5.99. The average molecular weight is 265 g/mol. The monoisotopic (exact) mass is 265 g/mol. The lowest BCUT2D eigenvalue weighted by atomic mass is 10.1. The Balaban J connectivity index is 1.88. The van der Waals surface area contributed by atoms with Crippen molar-refractivity contribution in [3.8, 4) is 0 Å². The minimum Gasteiger partial charge on any atom is -0.398 e. The summed E-state index contributed by atoms with van der Waals surface area (Å²) in [6.07, 6.45) is 1.10. The second-order valence-corrected chi connectivity index (χ2v) is 4.99. The maximum Gasteiger partial charge on any atom is 0.253 e. The van der Waals surface area contributed by atoms with Crippen LogP contribution in [0.3, 0.4) is 0 Å². The number of carbonyl (C=O) groups is 1. The molecule has 104 valence electrons. The molecule has 4 nitrogen and oxygen atoms in total. The lowest BCUT2D eigenvalue weighted by molar-refractivity contribution is 0.0948. The molecule has 0 aromatic heterocycles. The second-order valence-electron chi connectivity index (χ2n) is 4.99. The molecule has 0 spiro atoms. The zero-order valence-electron chi connectivity index (χ0n) is 11.2. The molecular formula is C14H20FN3O. The number of halogens is 1. The molecule has 1 aromatic rings. The first-order valence-corrected chi connectivity index (χ1v) is 6.65. The predicted octanol–water partition coefficient (Wildman–Crippen LogP) is 1.48. The summed E-state index contributed by atoms with van der Waals surface area (Å²) in [6, 6.07) is 3.84. The van der Waals surface area contributed by atoms with Crippen molar-refractivity contribution in [1.82, 2.24) is 10.2 Å². The van der Waals surface area contributed by atoms with E-state index in [1.54, 1.807) is 0 Å². The van der Waals surface area contributed by atoms with E-state index in [1.807, 2.05) is 0 Å². The van der Waals surface area contributed by atoms with Gasteiger partial charge in [-0.3, -0.25) is 4.79 Å². The second kappa shape index (κ2) is 6.02. The Morgan fingerprint density at radius 2 is 2.37 bits per heavy atom. The van der Waals surface area contributed by atoms with Crippen LogP contribution in [0.15, 0.2) is 18.2 Å². The number of amides is 1.